The second kappa shape index (κ2) is 7.68. The van der Waals surface area contributed by atoms with Crippen LogP contribution in [0.3, 0.4) is 0 Å². The van der Waals surface area contributed by atoms with Crippen LogP contribution in [-0.2, 0) is 12.8 Å². The van der Waals surface area contributed by atoms with Gasteiger partial charge in [0.2, 0.25) is 0 Å². The van der Waals surface area contributed by atoms with Crippen molar-refractivity contribution in [2.75, 3.05) is 13.6 Å². The molecular formula is C20H33N. The van der Waals surface area contributed by atoms with E-state index in [4.69, 9.17) is 0 Å². The van der Waals surface area contributed by atoms with Gasteiger partial charge in [-0.05, 0) is 60.8 Å². The highest BCUT2D eigenvalue weighted by Crippen LogP contribution is 2.28. The van der Waals surface area contributed by atoms with Crippen molar-refractivity contribution in [1.82, 2.24) is 4.90 Å². The smallest absolute Gasteiger partial charge is 0.0140 e. The number of hydrogen-bond acceptors (Lipinski definition) is 1. The maximum Gasteiger partial charge on any atom is 0.0140 e. The molecule has 0 N–H and O–H groups in total. The van der Waals surface area contributed by atoms with Gasteiger partial charge in [-0.2, -0.15) is 0 Å². The van der Waals surface area contributed by atoms with Gasteiger partial charge in [-0.1, -0.05) is 45.9 Å². The summed E-state index contributed by atoms with van der Waals surface area (Å²) >= 11 is 0. The van der Waals surface area contributed by atoms with Gasteiger partial charge in [0.1, 0.15) is 0 Å². The standard InChI is InChI=1S/C20H33N/c1-8-17-11-10-12-18(13-14-20(4,5)6)19(17)16(3)15-21(7)9-2/h10-12,15H,8-9,13-14H2,1-7H3/b16-15+. The van der Waals surface area contributed by atoms with Crippen molar-refractivity contribution in [2.45, 2.75) is 60.8 Å². The Bertz CT molecular complexity index is 477. The molecule has 1 rings (SSSR count). The largest absolute Gasteiger partial charge is 0.380 e. The fraction of sp³-hybridized carbons (Fsp3) is 0.600. The van der Waals surface area contributed by atoms with Crippen LogP contribution in [0.2, 0.25) is 0 Å². The lowest BCUT2D eigenvalue weighted by molar-refractivity contribution is 0.378. The number of benzene rings is 1. The number of allylic oxidation sites excluding steroid dienone is 1. The van der Waals surface area contributed by atoms with E-state index in [9.17, 15) is 0 Å². The molecule has 0 aliphatic carbocycles. The molecule has 0 saturated carbocycles. The van der Waals surface area contributed by atoms with Crippen LogP contribution in [0.15, 0.2) is 24.4 Å². The molecule has 0 spiro atoms. The minimum atomic E-state index is 0.386. The highest BCUT2D eigenvalue weighted by atomic mass is 15.1. The molecule has 118 valence electrons. The van der Waals surface area contributed by atoms with E-state index in [0.29, 0.717) is 5.41 Å². The second-order valence-corrected chi connectivity index (χ2v) is 7.25. The predicted molar refractivity (Wildman–Crippen MR) is 95.6 cm³/mol. The van der Waals surface area contributed by atoms with Crippen molar-refractivity contribution >= 4 is 5.57 Å². The summed E-state index contributed by atoms with van der Waals surface area (Å²) in [5, 5.41) is 0. The third-order valence-corrected chi connectivity index (χ3v) is 4.07. The molecule has 0 fully saturated rings. The van der Waals surface area contributed by atoms with E-state index in [1.807, 2.05) is 0 Å². The first-order valence-electron chi connectivity index (χ1n) is 8.28. The number of rotatable bonds is 6. The zero-order chi connectivity index (χ0) is 16.0. The molecule has 0 radical (unpaired) electrons. The Hall–Kier alpha value is -1.24. The highest BCUT2D eigenvalue weighted by molar-refractivity contribution is 5.69. The molecule has 0 aliphatic heterocycles. The number of aryl methyl sites for hydroxylation is 2. The van der Waals surface area contributed by atoms with Crippen LogP contribution in [0.4, 0.5) is 0 Å². The van der Waals surface area contributed by atoms with E-state index in [1.165, 1.54) is 28.7 Å². The summed E-state index contributed by atoms with van der Waals surface area (Å²) in [4.78, 5) is 2.26. The SMILES string of the molecule is CCc1cccc(CCC(C)(C)C)c1/C(C)=C/N(C)CC. The molecule has 0 unspecified atom stereocenters. The topological polar surface area (TPSA) is 3.24 Å². The van der Waals surface area contributed by atoms with Gasteiger partial charge in [0.05, 0.1) is 0 Å². The first-order chi connectivity index (χ1) is 9.78. The maximum absolute atomic E-state index is 2.32. The zero-order valence-corrected chi connectivity index (χ0v) is 15.1. The van der Waals surface area contributed by atoms with Gasteiger partial charge in [0, 0.05) is 19.8 Å². The average molecular weight is 287 g/mol. The number of hydrogen-bond donors (Lipinski definition) is 0. The summed E-state index contributed by atoms with van der Waals surface area (Å²) in [5.41, 5.74) is 6.23. The molecule has 0 amide bonds. The predicted octanol–water partition coefficient (Wildman–Crippen LogP) is 5.54. The minimum absolute atomic E-state index is 0.386. The van der Waals surface area contributed by atoms with E-state index in [1.54, 1.807) is 0 Å². The Morgan fingerprint density at radius 2 is 1.76 bits per heavy atom. The molecule has 1 aromatic rings. The van der Waals surface area contributed by atoms with Crippen molar-refractivity contribution in [3.05, 3.63) is 41.1 Å². The summed E-state index contributed by atoms with van der Waals surface area (Å²) in [6.07, 6.45) is 5.77. The summed E-state index contributed by atoms with van der Waals surface area (Å²) in [7, 11) is 2.15. The Kier molecular flexibility index (Phi) is 6.51. The normalized spacial score (nSPS) is 12.6. The zero-order valence-electron chi connectivity index (χ0n) is 15.1. The molecule has 1 heteroatoms. The van der Waals surface area contributed by atoms with Crippen LogP contribution >= 0.6 is 0 Å². The second-order valence-electron chi connectivity index (χ2n) is 7.25. The lowest BCUT2D eigenvalue weighted by Crippen LogP contribution is -2.11. The van der Waals surface area contributed by atoms with Crippen LogP contribution in [0.5, 0.6) is 0 Å². The highest BCUT2D eigenvalue weighted by Gasteiger charge is 2.14. The number of nitrogens with zero attached hydrogens (tertiary/aromatic N) is 1. The molecule has 21 heavy (non-hydrogen) atoms. The summed E-state index contributed by atoms with van der Waals surface area (Å²) < 4.78 is 0. The molecule has 1 aromatic carbocycles. The Morgan fingerprint density at radius 1 is 1.14 bits per heavy atom. The van der Waals surface area contributed by atoms with Crippen LogP contribution in [0.1, 0.15) is 64.7 Å². The molecule has 0 bridgehead atoms. The summed E-state index contributed by atoms with van der Waals surface area (Å²) in [6.45, 7) is 14.7. The van der Waals surface area contributed by atoms with Gasteiger partial charge in [0.15, 0.2) is 0 Å². The van der Waals surface area contributed by atoms with Crippen molar-refractivity contribution in [3.63, 3.8) is 0 Å². The fourth-order valence-electron chi connectivity index (χ4n) is 2.66. The van der Waals surface area contributed by atoms with Gasteiger partial charge >= 0.3 is 0 Å². The lowest BCUT2D eigenvalue weighted by atomic mass is 9.85. The average Bonchev–Trinajstić information content (AvgIpc) is 2.43. The molecule has 0 aliphatic rings. The first kappa shape index (κ1) is 17.8. The minimum Gasteiger partial charge on any atom is -0.380 e. The van der Waals surface area contributed by atoms with Crippen molar-refractivity contribution in [3.8, 4) is 0 Å². The van der Waals surface area contributed by atoms with E-state index in [-0.39, 0.29) is 0 Å². The van der Waals surface area contributed by atoms with E-state index in [2.05, 4.69) is 77.9 Å². The third kappa shape index (κ3) is 5.57. The van der Waals surface area contributed by atoms with Gasteiger partial charge in [0.25, 0.3) is 0 Å². The molecule has 0 saturated heterocycles. The van der Waals surface area contributed by atoms with E-state index in [0.717, 1.165) is 19.4 Å². The van der Waals surface area contributed by atoms with Crippen molar-refractivity contribution < 1.29 is 0 Å². The van der Waals surface area contributed by atoms with Gasteiger partial charge < -0.3 is 4.90 Å². The fourth-order valence-corrected chi connectivity index (χ4v) is 2.66. The molecule has 1 nitrogen and oxygen atoms in total. The van der Waals surface area contributed by atoms with E-state index >= 15 is 0 Å². The first-order valence-corrected chi connectivity index (χ1v) is 8.28. The van der Waals surface area contributed by atoms with Crippen LogP contribution < -0.4 is 0 Å². The van der Waals surface area contributed by atoms with Gasteiger partial charge in [-0.3, -0.25) is 0 Å². The Morgan fingerprint density at radius 3 is 2.29 bits per heavy atom. The van der Waals surface area contributed by atoms with Crippen LogP contribution in [-0.4, -0.2) is 18.5 Å². The summed E-state index contributed by atoms with van der Waals surface area (Å²) in [5.74, 6) is 0. The molecule has 0 atom stereocenters. The Labute approximate surface area is 132 Å². The lowest BCUT2D eigenvalue weighted by Gasteiger charge is -2.21. The summed E-state index contributed by atoms with van der Waals surface area (Å²) in [6, 6.07) is 6.81. The van der Waals surface area contributed by atoms with Gasteiger partial charge in [-0.25, -0.2) is 0 Å². The van der Waals surface area contributed by atoms with Crippen LogP contribution in [0.25, 0.3) is 5.57 Å². The molecule has 0 aromatic heterocycles. The Balaban J connectivity index is 3.17. The third-order valence-electron chi connectivity index (χ3n) is 4.07. The van der Waals surface area contributed by atoms with Gasteiger partial charge in [-0.15, -0.1) is 0 Å². The monoisotopic (exact) mass is 287 g/mol. The quantitative estimate of drug-likeness (QED) is 0.664. The van der Waals surface area contributed by atoms with Crippen molar-refractivity contribution in [1.29, 1.82) is 0 Å². The van der Waals surface area contributed by atoms with E-state index < -0.39 is 0 Å². The molecular weight excluding hydrogens is 254 g/mol. The maximum atomic E-state index is 2.32. The van der Waals surface area contributed by atoms with Crippen LogP contribution in [0, 0.1) is 5.41 Å². The molecule has 0 heterocycles. The van der Waals surface area contributed by atoms with Crippen molar-refractivity contribution in [2.24, 2.45) is 5.41 Å².